The van der Waals surface area contributed by atoms with E-state index in [0.717, 1.165) is 19.3 Å². The van der Waals surface area contributed by atoms with E-state index in [2.05, 4.69) is 207 Å². The van der Waals surface area contributed by atoms with E-state index < -0.39 is 0 Å². The lowest BCUT2D eigenvalue weighted by Crippen LogP contribution is -2.02. The number of hydrogen-bond acceptors (Lipinski definition) is 0. The lowest BCUT2D eigenvalue weighted by atomic mass is 9.95. The molecule has 286 valence electrons. The minimum Gasteiger partial charge on any atom is -0.309 e. The van der Waals surface area contributed by atoms with Gasteiger partial charge in [-0.1, -0.05) is 137 Å². The molecule has 0 radical (unpaired) electrons. The first-order valence-corrected chi connectivity index (χ1v) is 21.4. The Morgan fingerprint density at radius 1 is 0.373 bits per heavy atom. The van der Waals surface area contributed by atoms with Crippen LogP contribution in [0.15, 0.2) is 170 Å². The lowest BCUT2D eigenvalue weighted by molar-refractivity contribution is 0.645. The summed E-state index contributed by atoms with van der Waals surface area (Å²) in [4.78, 5) is 0. The minimum absolute atomic E-state index is 0.580. The highest BCUT2D eigenvalue weighted by atomic mass is 15.0. The van der Waals surface area contributed by atoms with Gasteiger partial charge in [0.25, 0.3) is 0 Å². The van der Waals surface area contributed by atoms with Crippen LogP contribution >= 0.6 is 0 Å². The molecule has 8 aromatic carbocycles. The van der Waals surface area contributed by atoms with Crippen molar-refractivity contribution >= 4 is 43.6 Å². The highest BCUT2D eigenvalue weighted by Crippen LogP contribution is 2.43. The number of hydrogen-bond donors (Lipinski definition) is 0. The van der Waals surface area contributed by atoms with Gasteiger partial charge in [0.15, 0.2) is 0 Å². The summed E-state index contributed by atoms with van der Waals surface area (Å²) < 4.78 is 4.96. The average molecular weight is 761 g/mol. The molecule has 10 aromatic rings. The summed E-state index contributed by atoms with van der Waals surface area (Å²) in [5.41, 5.74) is 20.9. The molecule has 2 aromatic heterocycles. The Balaban J connectivity index is 0.992. The number of rotatable bonds is 8. The molecule has 1 aliphatic carbocycles. The second-order valence-corrected chi connectivity index (χ2v) is 17.5. The van der Waals surface area contributed by atoms with Gasteiger partial charge in [-0.25, -0.2) is 0 Å². The topological polar surface area (TPSA) is 9.86 Å². The largest absolute Gasteiger partial charge is 0.309 e. The first-order chi connectivity index (χ1) is 28.9. The Bertz CT molecular complexity index is 3040. The summed E-state index contributed by atoms with van der Waals surface area (Å²) in [5, 5.41) is 5.17. The molecule has 0 N–H and O–H groups in total. The van der Waals surface area contributed by atoms with Crippen molar-refractivity contribution in [2.75, 3.05) is 0 Å². The van der Waals surface area contributed by atoms with E-state index in [4.69, 9.17) is 0 Å². The quantitative estimate of drug-likeness (QED) is 0.146. The Labute approximate surface area is 347 Å². The average Bonchev–Trinajstić information content (AvgIpc) is 3.90. The number of para-hydroxylation sites is 4. The fourth-order valence-corrected chi connectivity index (χ4v) is 10.0. The van der Waals surface area contributed by atoms with E-state index in [1.54, 1.807) is 0 Å². The van der Waals surface area contributed by atoms with Crippen molar-refractivity contribution in [1.29, 1.82) is 0 Å². The van der Waals surface area contributed by atoms with Crippen molar-refractivity contribution in [1.82, 2.24) is 9.13 Å². The van der Waals surface area contributed by atoms with Crippen LogP contribution in [0.3, 0.4) is 0 Å². The lowest BCUT2D eigenvalue weighted by Gasteiger charge is -2.15. The Morgan fingerprint density at radius 3 is 1.20 bits per heavy atom. The van der Waals surface area contributed by atoms with E-state index in [9.17, 15) is 0 Å². The SMILES string of the molecule is CC(C)Cc1ccccc1-n1c2ccccc2c2cc(-c3ccc4c(c3)-c3cc(-c5ccc6c(c5)c5ccccc5n6-c5ccccc5CC(C)C)ccc3C4)ccc21. The molecule has 0 saturated carbocycles. The summed E-state index contributed by atoms with van der Waals surface area (Å²) in [7, 11) is 0. The van der Waals surface area contributed by atoms with Gasteiger partial charge >= 0.3 is 0 Å². The molecule has 0 atom stereocenters. The van der Waals surface area contributed by atoms with Gasteiger partial charge in [0.1, 0.15) is 0 Å². The Hall–Kier alpha value is -6.64. The maximum absolute atomic E-state index is 2.48. The van der Waals surface area contributed by atoms with Crippen LogP contribution in [0.4, 0.5) is 0 Å². The molecule has 2 nitrogen and oxygen atoms in total. The van der Waals surface area contributed by atoms with Gasteiger partial charge in [0, 0.05) is 32.9 Å². The molecular formula is C57H48N2. The summed E-state index contributed by atoms with van der Waals surface area (Å²) >= 11 is 0. The summed E-state index contributed by atoms with van der Waals surface area (Å²) in [6.07, 6.45) is 3.07. The second-order valence-electron chi connectivity index (χ2n) is 17.5. The summed E-state index contributed by atoms with van der Waals surface area (Å²) in [5.74, 6) is 1.16. The van der Waals surface area contributed by atoms with E-state index in [-0.39, 0.29) is 0 Å². The third-order valence-corrected chi connectivity index (χ3v) is 12.6. The molecular weight excluding hydrogens is 713 g/mol. The van der Waals surface area contributed by atoms with Gasteiger partial charge in [-0.3, -0.25) is 0 Å². The van der Waals surface area contributed by atoms with Gasteiger partial charge in [-0.2, -0.15) is 0 Å². The van der Waals surface area contributed by atoms with Crippen LogP contribution in [-0.4, -0.2) is 9.13 Å². The molecule has 0 unspecified atom stereocenters. The van der Waals surface area contributed by atoms with Crippen molar-refractivity contribution in [3.8, 4) is 44.8 Å². The summed E-state index contributed by atoms with van der Waals surface area (Å²) in [6, 6.07) is 64.1. The zero-order valence-electron chi connectivity index (χ0n) is 34.3. The van der Waals surface area contributed by atoms with Crippen molar-refractivity contribution in [3.05, 3.63) is 192 Å². The van der Waals surface area contributed by atoms with Crippen LogP contribution in [0.25, 0.3) is 88.4 Å². The minimum atomic E-state index is 0.580. The molecule has 2 heterocycles. The van der Waals surface area contributed by atoms with E-state index in [1.807, 2.05) is 0 Å². The van der Waals surface area contributed by atoms with Crippen LogP contribution in [0.2, 0.25) is 0 Å². The van der Waals surface area contributed by atoms with Crippen molar-refractivity contribution in [3.63, 3.8) is 0 Å². The Morgan fingerprint density at radius 2 is 0.746 bits per heavy atom. The fourth-order valence-electron chi connectivity index (χ4n) is 10.0. The molecule has 0 aliphatic heterocycles. The van der Waals surface area contributed by atoms with Gasteiger partial charge in [0.2, 0.25) is 0 Å². The third-order valence-electron chi connectivity index (χ3n) is 12.6. The molecule has 0 saturated heterocycles. The Kier molecular flexibility index (Phi) is 8.44. The van der Waals surface area contributed by atoms with Crippen LogP contribution in [0.1, 0.15) is 49.9 Å². The van der Waals surface area contributed by atoms with Gasteiger partial charge in [-0.05, 0) is 147 Å². The molecule has 59 heavy (non-hydrogen) atoms. The third kappa shape index (κ3) is 5.92. The predicted octanol–water partition coefficient (Wildman–Crippen LogP) is 15.2. The predicted molar refractivity (Wildman–Crippen MR) is 251 cm³/mol. The molecule has 11 rings (SSSR count). The smallest absolute Gasteiger partial charge is 0.0541 e. The van der Waals surface area contributed by atoms with Crippen LogP contribution in [-0.2, 0) is 19.3 Å². The maximum Gasteiger partial charge on any atom is 0.0541 e. The van der Waals surface area contributed by atoms with Gasteiger partial charge < -0.3 is 9.13 Å². The molecule has 1 aliphatic rings. The first-order valence-electron chi connectivity index (χ1n) is 21.4. The van der Waals surface area contributed by atoms with E-state index in [1.165, 1.54) is 111 Å². The first kappa shape index (κ1) is 35.5. The van der Waals surface area contributed by atoms with Crippen molar-refractivity contribution < 1.29 is 0 Å². The molecule has 0 fully saturated rings. The van der Waals surface area contributed by atoms with Crippen LogP contribution in [0, 0.1) is 11.8 Å². The van der Waals surface area contributed by atoms with E-state index >= 15 is 0 Å². The summed E-state index contributed by atoms with van der Waals surface area (Å²) in [6.45, 7) is 9.22. The number of benzene rings is 8. The highest BCUT2D eigenvalue weighted by Gasteiger charge is 2.22. The number of aromatic nitrogens is 2. The standard InChI is InChI=1S/C57H48N2/c1-36(2)29-44-13-5-9-17-52(44)58-54-19-11-7-15-46(54)50-34-40(25-27-56(50)58)38-21-23-42-31-43-24-22-39(33-49(43)48(42)32-38)41-26-28-57-51(35-41)47-16-8-12-20-55(47)59(57)53-18-10-6-14-45(53)30-37(3)4/h5-28,32-37H,29-31H2,1-4H3. The zero-order chi connectivity index (χ0) is 39.8. The molecule has 0 bridgehead atoms. The molecule has 0 spiro atoms. The van der Waals surface area contributed by atoms with Gasteiger partial charge in [-0.15, -0.1) is 0 Å². The number of nitrogens with zero attached hydrogens (tertiary/aromatic N) is 2. The zero-order valence-corrected chi connectivity index (χ0v) is 34.3. The monoisotopic (exact) mass is 760 g/mol. The van der Waals surface area contributed by atoms with Crippen molar-refractivity contribution in [2.24, 2.45) is 11.8 Å². The molecule has 2 heteroatoms. The number of fused-ring (bicyclic) bond motifs is 9. The van der Waals surface area contributed by atoms with Crippen LogP contribution < -0.4 is 0 Å². The van der Waals surface area contributed by atoms with Crippen LogP contribution in [0.5, 0.6) is 0 Å². The van der Waals surface area contributed by atoms with E-state index in [0.29, 0.717) is 11.8 Å². The maximum atomic E-state index is 2.48. The highest BCUT2D eigenvalue weighted by molar-refractivity contribution is 6.12. The normalized spacial score (nSPS) is 12.4. The fraction of sp³-hybridized carbons (Fsp3) is 0.158. The second kappa shape index (κ2) is 14.0. The van der Waals surface area contributed by atoms with Crippen molar-refractivity contribution in [2.45, 2.75) is 47.0 Å². The van der Waals surface area contributed by atoms with Gasteiger partial charge in [0.05, 0.1) is 22.1 Å². The molecule has 0 amide bonds.